The van der Waals surface area contributed by atoms with Crippen LogP contribution >= 0.6 is 11.9 Å². The first-order chi connectivity index (χ1) is 17.0. The molecule has 35 heavy (non-hydrogen) atoms. The molecule has 0 aromatic heterocycles. The molecule has 3 aromatic rings. The summed E-state index contributed by atoms with van der Waals surface area (Å²) < 4.78 is 5.68. The van der Waals surface area contributed by atoms with Gasteiger partial charge in [-0.25, -0.2) is 4.79 Å². The van der Waals surface area contributed by atoms with Crippen molar-refractivity contribution in [1.82, 2.24) is 5.32 Å². The average Bonchev–Trinajstić information content (AvgIpc) is 3.48. The molecule has 3 N–H and O–H groups in total. The third kappa shape index (κ3) is 4.65. The molecule has 0 bridgehead atoms. The zero-order chi connectivity index (χ0) is 24.4. The van der Waals surface area contributed by atoms with Gasteiger partial charge in [0.25, 0.3) is 0 Å². The number of nitrogens with zero attached hydrogens (tertiary/aromatic N) is 1. The molecule has 0 unspecified atom stereocenters. The normalized spacial score (nSPS) is 15.9. The summed E-state index contributed by atoms with van der Waals surface area (Å²) in [4.78, 5) is 16.3. The van der Waals surface area contributed by atoms with Crippen molar-refractivity contribution in [1.29, 1.82) is 0 Å². The predicted octanol–water partition coefficient (Wildman–Crippen LogP) is 6.57. The van der Waals surface area contributed by atoms with Crippen molar-refractivity contribution in [3.05, 3.63) is 77.4 Å². The number of rotatable bonds is 6. The molecule has 182 valence electrons. The number of carbonyl (C=O) groups excluding carboxylic acids is 1. The van der Waals surface area contributed by atoms with Crippen molar-refractivity contribution >= 4 is 23.7 Å². The second kappa shape index (κ2) is 9.96. The van der Waals surface area contributed by atoms with Gasteiger partial charge >= 0.3 is 6.03 Å². The predicted molar refractivity (Wildman–Crippen MR) is 144 cm³/mol. The van der Waals surface area contributed by atoms with Crippen LogP contribution in [0.4, 0.5) is 10.5 Å². The van der Waals surface area contributed by atoms with Gasteiger partial charge in [0.05, 0.1) is 6.61 Å². The molecule has 0 saturated heterocycles. The fraction of sp³-hybridized carbons (Fsp3) is 0.345. The van der Waals surface area contributed by atoms with Crippen molar-refractivity contribution in [2.75, 3.05) is 18.1 Å². The van der Waals surface area contributed by atoms with E-state index in [1.807, 2.05) is 42.2 Å². The van der Waals surface area contributed by atoms with Gasteiger partial charge in [-0.1, -0.05) is 37.1 Å². The number of aryl methyl sites for hydroxylation is 1. The van der Waals surface area contributed by atoms with E-state index in [4.69, 9.17) is 9.88 Å². The fourth-order valence-electron chi connectivity index (χ4n) is 5.67. The molecule has 2 aliphatic rings. The number of anilines is 1. The Labute approximate surface area is 212 Å². The van der Waals surface area contributed by atoms with Gasteiger partial charge in [-0.05, 0) is 103 Å². The summed E-state index contributed by atoms with van der Waals surface area (Å²) in [7, 11) is 0. The molecule has 0 atom stereocenters. The van der Waals surface area contributed by atoms with Gasteiger partial charge in [-0.15, -0.1) is 0 Å². The van der Waals surface area contributed by atoms with Crippen LogP contribution in [0, 0.1) is 6.92 Å². The minimum absolute atomic E-state index is 0.0303. The Bertz CT molecular complexity index is 1220. The number of hydrogen-bond acceptors (Lipinski definition) is 4. The maximum absolute atomic E-state index is 13.3. The molecular weight excluding hydrogens is 454 g/mol. The van der Waals surface area contributed by atoms with Crippen LogP contribution in [0.3, 0.4) is 0 Å². The number of benzene rings is 3. The molecular formula is C29H33N3O2S. The van der Waals surface area contributed by atoms with E-state index in [9.17, 15) is 4.79 Å². The van der Waals surface area contributed by atoms with E-state index in [0.29, 0.717) is 13.2 Å². The Morgan fingerprint density at radius 2 is 1.86 bits per heavy atom. The molecule has 1 fully saturated rings. The van der Waals surface area contributed by atoms with Crippen molar-refractivity contribution in [3.8, 4) is 16.9 Å². The Kier molecular flexibility index (Phi) is 6.76. The minimum atomic E-state index is -0.0303. The highest BCUT2D eigenvalue weighted by Crippen LogP contribution is 2.51. The lowest BCUT2D eigenvalue weighted by Crippen LogP contribution is -2.41. The van der Waals surface area contributed by atoms with E-state index in [2.05, 4.69) is 42.6 Å². The quantitative estimate of drug-likeness (QED) is 0.386. The van der Waals surface area contributed by atoms with Gasteiger partial charge in [0, 0.05) is 29.1 Å². The van der Waals surface area contributed by atoms with E-state index >= 15 is 0 Å². The van der Waals surface area contributed by atoms with Gasteiger partial charge in [0.2, 0.25) is 0 Å². The number of ether oxygens (including phenoxy) is 1. The van der Waals surface area contributed by atoms with Crippen LogP contribution in [-0.4, -0.2) is 19.2 Å². The van der Waals surface area contributed by atoms with E-state index in [0.717, 1.165) is 41.3 Å². The number of carbonyl (C=O) groups is 1. The van der Waals surface area contributed by atoms with E-state index in [1.165, 1.54) is 47.0 Å². The summed E-state index contributed by atoms with van der Waals surface area (Å²) in [6, 6.07) is 20.9. The highest BCUT2D eigenvalue weighted by molar-refractivity contribution is 7.97. The second-order valence-electron chi connectivity index (χ2n) is 9.64. The van der Waals surface area contributed by atoms with Gasteiger partial charge in [-0.3, -0.25) is 10.0 Å². The largest absolute Gasteiger partial charge is 0.494 e. The molecule has 2 amide bonds. The van der Waals surface area contributed by atoms with Gasteiger partial charge in [-0.2, -0.15) is 0 Å². The Hall–Kier alpha value is -2.96. The number of hydrogen-bond donors (Lipinski definition) is 2. The van der Waals surface area contributed by atoms with Crippen molar-refractivity contribution in [3.63, 3.8) is 0 Å². The lowest BCUT2D eigenvalue weighted by atomic mass is 9.79. The van der Waals surface area contributed by atoms with Crippen LogP contribution in [0.1, 0.15) is 49.3 Å². The second-order valence-corrected chi connectivity index (χ2v) is 10.3. The van der Waals surface area contributed by atoms with E-state index in [-0.39, 0.29) is 11.4 Å². The number of fused-ring (bicyclic) bond motifs is 2. The maximum atomic E-state index is 13.3. The molecule has 1 heterocycles. The molecule has 1 aliphatic heterocycles. The van der Waals surface area contributed by atoms with Crippen LogP contribution in [0.5, 0.6) is 5.75 Å². The minimum Gasteiger partial charge on any atom is -0.494 e. The molecule has 1 saturated carbocycles. The lowest BCUT2D eigenvalue weighted by Gasteiger charge is -2.25. The molecule has 1 aliphatic carbocycles. The summed E-state index contributed by atoms with van der Waals surface area (Å²) in [6.45, 7) is 6.05. The van der Waals surface area contributed by atoms with Crippen molar-refractivity contribution in [2.24, 2.45) is 5.14 Å². The monoisotopic (exact) mass is 487 g/mol. The van der Waals surface area contributed by atoms with E-state index < -0.39 is 0 Å². The highest BCUT2D eigenvalue weighted by Gasteiger charge is 2.46. The van der Waals surface area contributed by atoms with E-state index in [1.54, 1.807) is 0 Å². The standard InChI is InChI=1S/C29H33N3O2S/c1-3-34-23-9-12-25(20(2)16-23)22-8-13-27-26(17-22)29(14-4-5-15-29)19-32(27)28(33)31-18-21-6-10-24(35-30)11-7-21/h6-13,16-17H,3-5,14-15,18-19,30H2,1-2H3,(H,31,33). The summed E-state index contributed by atoms with van der Waals surface area (Å²) >= 11 is 1.23. The maximum Gasteiger partial charge on any atom is 0.322 e. The van der Waals surface area contributed by atoms with Crippen LogP contribution in [0.15, 0.2) is 65.6 Å². The molecule has 5 nitrogen and oxygen atoms in total. The first kappa shape index (κ1) is 23.8. The van der Waals surface area contributed by atoms with Crippen molar-refractivity contribution < 1.29 is 9.53 Å². The average molecular weight is 488 g/mol. The van der Waals surface area contributed by atoms with Gasteiger partial charge < -0.3 is 10.1 Å². The zero-order valence-corrected chi connectivity index (χ0v) is 21.3. The third-order valence-electron chi connectivity index (χ3n) is 7.45. The number of nitrogens with one attached hydrogen (secondary N) is 1. The lowest BCUT2D eigenvalue weighted by molar-refractivity contribution is 0.245. The highest BCUT2D eigenvalue weighted by atomic mass is 32.2. The van der Waals surface area contributed by atoms with Crippen LogP contribution in [0.25, 0.3) is 11.1 Å². The molecule has 3 aromatic carbocycles. The Morgan fingerprint density at radius 3 is 2.54 bits per heavy atom. The summed E-state index contributed by atoms with van der Waals surface area (Å²) in [6.07, 6.45) is 4.70. The molecule has 5 rings (SSSR count). The third-order valence-corrected chi connectivity index (χ3v) is 7.99. The zero-order valence-electron chi connectivity index (χ0n) is 20.5. The topological polar surface area (TPSA) is 67.6 Å². The van der Waals surface area contributed by atoms with Gasteiger partial charge in [0.15, 0.2) is 0 Å². The Morgan fingerprint density at radius 1 is 1.09 bits per heavy atom. The van der Waals surface area contributed by atoms with Crippen LogP contribution < -0.4 is 20.1 Å². The molecule has 6 heteroatoms. The first-order valence-electron chi connectivity index (χ1n) is 12.4. The van der Waals surface area contributed by atoms with Crippen LogP contribution in [0.2, 0.25) is 0 Å². The smallest absolute Gasteiger partial charge is 0.322 e. The first-order valence-corrected chi connectivity index (χ1v) is 13.3. The molecule has 1 spiro atoms. The summed E-state index contributed by atoms with van der Waals surface area (Å²) in [5, 5.41) is 8.75. The SMILES string of the molecule is CCOc1ccc(-c2ccc3c(c2)C2(CCCC2)CN3C(=O)NCc2ccc(SN)cc2)c(C)c1. The van der Waals surface area contributed by atoms with Crippen LogP contribution in [-0.2, 0) is 12.0 Å². The van der Waals surface area contributed by atoms with Gasteiger partial charge in [0.1, 0.15) is 5.75 Å². The molecule has 0 radical (unpaired) electrons. The fourth-order valence-corrected chi connectivity index (χ4v) is 5.97. The Balaban J connectivity index is 1.41. The summed E-state index contributed by atoms with van der Waals surface area (Å²) in [5.74, 6) is 0.904. The van der Waals surface area contributed by atoms with Crippen molar-refractivity contribution in [2.45, 2.75) is 56.4 Å². The number of amides is 2. The number of urea groups is 1. The number of nitrogens with two attached hydrogens (primary N) is 1. The summed E-state index contributed by atoms with van der Waals surface area (Å²) in [5.41, 5.74) is 7.10.